The highest BCUT2D eigenvalue weighted by molar-refractivity contribution is 6.31. The van der Waals surface area contributed by atoms with E-state index in [4.69, 9.17) is 30.2 Å². The summed E-state index contributed by atoms with van der Waals surface area (Å²) in [4.78, 5) is 30.6. The molecule has 2 aromatic carbocycles. The van der Waals surface area contributed by atoms with Crippen molar-refractivity contribution < 1.29 is 28.3 Å². The maximum absolute atomic E-state index is 13.8. The summed E-state index contributed by atoms with van der Waals surface area (Å²) in [5.41, 5.74) is 1.20. The molecule has 1 amide bonds. The van der Waals surface area contributed by atoms with Crippen LogP contribution in [0.4, 0.5) is 0 Å². The summed E-state index contributed by atoms with van der Waals surface area (Å²) in [5.74, 6) is 1.02. The molecule has 9 heteroatoms. The molecule has 0 saturated carbocycles. The number of nitrogens with zero attached hydrogens (tertiary/aromatic N) is 1. The van der Waals surface area contributed by atoms with Crippen LogP contribution in [-0.4, -0.2) is 63.4 Å². The Kier molecular flexibility index (Phi) is 7.69. The number of morpholine rings is 1. The Labute approximate surface area is 220 Å². The van der Waals surface area contributed by atoms with Crippen molar-refractivity contribution in [2.75, 3.05) is 52.6 Å². The zero-order valence-electron chi connectivity index (χ0n) is 21.2. The first kappa shape index (κ1) is 25.6. The van der Waals surface area contributed by atoms with E-state index in [0.717, 1.165) is 31.6 Å². The molecule has 5 rings (SSSR count). The van der Waals surface area contributed by atoms with E-state index < -0.39 is 6.04 Å². The molecule has 0 spiro atoms. The maximum atomic E-state index is 13.8. The van der Waals surface area contributed by atoms with Gasteiger partial charge in [-0.15, -0.1) is 0 Å². The largest absolute Gasteiger partial charge is 0.490 e. The van der Waals surface area contributed by atoms with Gasteiger partial charge in [-0.1, -0.05) is 24.6 Å². The standard InChI is InChI=1S/C28H31ClN2O6/c1-3-13-36-22-7-5-18(16-23(22)35-4-2)25-24-26(32)20-17-19(29)6-8-21(20)37-27(24)28(33)31(25)10-9-30-11-14-34-15-12-30/h5-8,16-17,25H,3-4,9-15H2,1-2H3/p+1/t25-/m1/s1. The Bertz CT molecular complexity index is 1350. The lowest BCUT2D eigenvalue weighted by molar-refractivity contribution is -0.907. The van der Waals surface area contributed by atoms with E-state index in [-0.39, 0.29) is 17.1 Å². The number of halogens is 1. The van der Waals surface area contributed by atoms with Crippen molar-refractivity contribution in [2.24, 2.45) is 0 Å². The number of carbonyl (C=O) groups is 1. The Morgan fingerprint density at radius 2 is 1.86 bits per heavy atom. The Hall–Kier alpha value is -3.07. The first-order valence-corrected chi connectivity index (χ1v) is 13.3. The number of benzene rings is 2. The molecule has 3 heterocycles. The average Bonchev–Trinajstić information content (AvgIpc) is 3.19. The molecule has 0 radical (unpaired) electrons. The Morgan fingerprint density at radius 3 is 2.62 bits per heavy atom. The molecule has 0 unspecified atom stereocenters. The number of amides is 1. The van der Waals surface area contributed by atoms with Crippen molar-refractivity contribution in [3.05, 3.63) is 68.5 Å². The number of rotatable bonds is 9. The number of hydrogen-bond donors (Lipinski definition) is 1. The fraction of sp³-hybridized carbons (Fsp3) is 0.429. The van der Waals surface area contributed by atoms with E-state index in [0.29, 0.717) is 66.0 Å². The fourth-order valence-electron chi connectivity index (χ4n) is 5.05. The summed E-state index contributed by atoms with van der Waals surface area (Å²) in [6.45, 7) is 9.37. The predicted molar refractivity (Wildman–Crippen MR) is 140 cm³/mol. The topological polar surface area (TPSA) is 82.7 Å². The van der Waals surface area contributed by atoms with Crippen molar-refractivity contribution in [3.63, 3.8) is 0 Å². The van der Waals surface area contributed by atoms with Gasteiger partial charge >= 0.3 is 0 Å². The molecule has 196 valence electrons. The van der Waals surface area contributed by atoms with Crippen LogP contribution in [0, 0.1) is 0 Å². The lowest BCUT2D eigenvalue weighted by Crippen LogP contribution is -3.14. The number of nitrogens with one attached hydrogen (secondary N) is 1. The number of ether oxygens (including phenoxy) is 3. The zero-order chi connectivity index (χ0) is 25.9. The van der Waals surface area contributed by atoms with Crippen LogP contribution in [0.3, 0.4) is 0 Å². The SMILES string of the molecule is CCCOc1ccc([C@@H]2c3c(oc4ccc(Cl)cc4c3=O)C(=O)N2CC[NH+]2CCOCC2)cc1OCC. The van der Waals surface area contributed by atoms with Crippen LogP contribution < -0.4 is 19.8 Å². The first-order chi connectivity index (χ1) is 18.0. The van der Waals surface area contributed by atoms with E-state index in [2.05, 4.69) is 0 Å². The minimum atomic E-state index is -0.609. The third-order valence-electron chi connectivity index (χ3n) is 6.88. The van der Waals surface area contributed by atoms with Crippen molar-refractivity contribution in [2.45, 2.75) is 26.3 Å². The van der Waals surface area contributed by atoms with Crippen LogP contribution in [-0.2, 0) is 4.74 Å². The van der Waals surface area contributed by atoms with Crippen molar-refractivity contribution in [3.8, 4) is 11.5 Å². The molecule has 37 heavy (non-hydrogen) atoms. The number of quaternary nitrogens is 1. The van der Waals surface area contributed by atoms with E-state index in [1.807, 2.05) is 32.0 Å². The number of hydrogen-bond acceptors (Lipinski definition) is 6. The van der Waals surface area contributed by atoms with Crippen molar-refractivity contribution in [1.29, 1.82) is 0 Å². The second-order valence-electron chi connectivity index (χ2n) is 9.32. The third kappa shape index (κ3) is 5.06. The molecular formula is C28H32ClN2O6+. The summed E-state index contributed by atoms with van der Waals surface area (Å²) in [6.07, 6.45) is 0.867. The molecular weight excluding hydrogens is 496 g/mol. The first-order valence-electron chi connectivity index (χ1n) is 12.9. The second kappa shape index (κ2) is 11.1. The molecule has 0 bridgehead atoms. The van der Waals surface area contributed by atoms with Crippen LogP contribution in [0.1, 0.15) is 48.0 Å². The van der Waals surface area contributed by atoms with Gasteiger partial charge in [0.05, 0.1) is 56.5 Å². The highest BCUT2D eigenvalue weighted by Crippen LogP contribution is 2.41. The molecule has 1 atom stereocenters. The Balaban J connectivity index is 1.60. The molecule has 8 nitrogen and oxygen atoms in total. The molecule has 1 fully saturated rings. The fourth-order valence-corrected chi connectivity index (χ4v) is 5.22. The van der Waals surface area contributed by atoms with Gasteiger partial charge in [-0.25, -0.2) is 0 Å². The molecule has 2 aliphatic heterocycles. The van der Waals surface area contributed by atoms with Gasteiger partial charge in [0.15, 0.2) is 16.9 Å². The lowest BCUT2D eigenvalue weighted by Gasteiger charge is -2.29. The van der Waals surface area contributed by atoms with Gasteiger partial charge in [0.1, 0.15) is 18.7 Å². The van der Waals surface area contributed by atoms with E-state index in [1.165, 1.54) is 4.90 Å². The smallest absolute Gasteiger partial charge is 0.291 e. The molecule has 1 N–H and O–H groups in total. The van der Waals surface area contributed by atoms with E-state index in [9.17, 15) is 9.59 Å². The third-order valence-corrected chi connectivity index (χ3v) is 7.11. The zero-order valence-corrected chi connectivity index (χ0v) is 21.9. The highest BCUT2D eigenvalue weighted by Gasteiger charge is 2.43. The summed E-state index contributed by atoms with van der Waals surface area (Å²) in [5, 5.41) is 0.794. The quantitative estimate of drug-likeness (QED) is 0.460. The summed E-state index contributed by atoms with van der Waals surface area (Å²) < 4.78 is 23.3. The van der Waals surface area contributed by atoms with Gasteiger partial charge in [0, 0.05) is 5.02 Å². The maximum Gasteiger partial charge on any atom is 0.291 e. The summed E-state index contributed by atoms with van der Waals surface area (Å²) in [7, 11) is 0. The molecule has 1 aromatic heterocycles. The van der Waals surface area contributed by atoms with Gasteiger partial charge in [-0.05, 0) is 49.2 Å². The normalized spacial score (nSPS) is 17.9. The second-order valence-corrected chi connectivity index (χ2v) is 9.75. The minimum absolute atomic E-state index is 0.0890. The number of fused-ring (bicyclic) bond motifs is 2. The Morgan fingerprint density at radius 1 is 1.05 bits per heavy atom. The van der Waals surface area contributed by atoms with Gasteiger partial charge in [-0.2, -0.15) is 0 Å². The highest BCUT2D eigenvalue weighted by atomic mass is 35.5. The van der Waals surface area contributed by atoms with Crippen LogP contribution in [0.5, 0.6) is 11.5 Å². The van der Waals surface area contributed by atoms with Crippen LogP contribution in [0.2, 0.25) is 5.02 Å². The van der Waals surface area contributed by atoms with E-state index >= 15 is 0 Å². The van der Waals surface area contributed by atoms with Crippen LogP contribution >= 0.6 is 11.6 Å². The molecule has 1 saturated heterocycles. The van der Waals surface area contributed by atoms with Crippen LogP contribution in [0.25, 0.3) is 11.0 Å². The van der Waals surface area contributed by atoms with Gasteiger partial charge in [-0.3, -0.25) is 9.59 Å². The van der Waals surface area contributed by atoms with E-state index in [1.54, 1.807) is 23.1 Å². The summed E-state index contributed by atoms with van der Waals surface area (Å²) in [6, 6.07) is 9.90. The van der Waals surface area contributed by atoms with Crippen molar-refractivity contribution in [1.82, 2.24) is 4.90 Å². The van der Waals surface area contributed by atoms with Crippen molar-refractivity contribution >= 4 is 28.5 Å². The van der Waals surface area contributed by atoms with Crippen LogP contribution in [0.15, 0.2) is 45.6 Å². The minimum Gasteiger partial charge on any atom is -0.490 e. The predicted octanol–water partition coefficient (Wildman–Crippen LogP) is 3.09. The average molecular weight is 528 g/mol. The number of carbonyl (C=O) groups excluding carboxylic acids is 1. The van der Waals surface area contributed by atoms with Gasteiger partial charge in [0.25, 0.3) is 5.91 Å². The lowest BCUT2D eigenvalue weighted by atomic mass is 9.98. The molecule has 3 aromatic rings. The van der Waals surface area contributed by atoms with Gasteiger partial charge < -0.3 is 28.4 Å². The monoisotopic (exact) mass is 527 g/mol. The van der Waals surface area contributed by atoms with Gasteiger partial charge in [0.2, 0.25) is 5.76 Å². The molecule has 0 aliphatic carbocycles. The summed E-state index contributed by atoms with van der Waals surface area (Å²) >= 11 is 6.20. The molecule has 2 aliphatic rings.